The van der Waals surface area contributed by atoms with E-state index < -0.39 is 0 Å². The highest BCUT2D eigenvalue weighted by Gasteiger charge is 2.11. The third-order valence-corrected chi connectivity index (χ3v) is 3.72. The van der Waals surface area contributed by atoms with Gasteiger partial charge in [-0.15, -0.1) is 11.3 Å². The van der Waals surface area contributed by atoms with Crippen molar-refractivity contribution >= 4 is 21.6 Å². The second-order valence-electron chi connectivity index (χ2n) is 4.06. The molecule has 2 heterocycles. The summed E-state index contributed by atoms with van der Waals surface area (Å²) in [4.78, 5) is 8.33. The number of aliphatic hydroxyl groups excluding tert-OH is 1. The van der Waals surface area contributed by atoms with Crippen molar-refractivity contribution in [2.75, 3.05) is 7.11 Å². The Labute approximate surface area is 119 Å². The van der Waals surface area contributed by atoms with Gasteiger partial charge in [0, 0.05) is 0 Å². The zero-order valence-corrected chi connectivity index (χ0v) is 11.6. The first kappa shape index (κ1) is 12.8. The van der Waals surface area contributed by atoms with Gasteiger partial charge in [0.25, 0.3) is 0 Å². The van der Waals surface area contributed by atoms with Gasteiger partial charge in [0.1, 0.15) is 11.0 Å². The summed E-state index contributed by atoms with van der Waals surface area (Å²) in [5.74, 6) is 1.61. The van der Waals surface area contributed by atoms with Crippen molar-refractivity contribution in [3.05, 3.63) is 41.5 Å². The van der Waals surface area contributed by atoms with E-state index in [0.29, 0.717) is 17.4 Å². The van der Waals surface area contributed by atoms with Crippen LogP contribution in [0.5, 0.6) is 17.4 Å². The van der Waals surface area contributed by atoms with E-state index in [0.717, 1.165) is 15.8 Å². The number of fused-ring (bicyclic) bond motifs is 1. The Kier molecular flexibility index (Phi) is 3.49. The Bertz CT molecular complexity index is 742. The summed E-state index contributed by atoms with van der Waals surface area (Å²) in [6.45, 7) is -0.0423. The number of rotatable bonds is 4. The number of thiophene rings is 1. The molecule has 5 nitrogen and oxygen atoms in total. The molecule has 20 heavy (non-hydrogen) atoms. The van der Waals surface area contributed by atoms with Gasteiger partial charge in [-0.2, -0.15) is 0 Å². The second kappa shape index (κ2) is 5.44. The SMILES string of the molecule is COc1cc(CO)ccc1Oc1ncnc2ccsc12. The Morgan fingerprint density at radius 1 is 1.20 bits per heavy atom. The minimum absolute atomic E-state index is 0.0423. The fourth-order valence-electron chi connectivity index (χ4n) is 1.84. The summed E-state index contributed by atoms with van der Waals surface area (Å²) in [7, 11) is 1.56. The second-order valence-corrected chi connectivity index (χ2v) is 4.98. The minimum Gasteiger partial charge on any atom is -0.493 e. The first-order valence-electron chi connectivity index (χ1n) is 5.95. The third kappa shape index (κ3) is 2.31. The number of aromatic nitrogens is 2. The van der Waals surface area contributed by atoms with E-state index in [1.54, 1.807) is 25.3 Å². The Balaban J connectivity index is 2.00. The van der Waals surface area contributed by atoms with Crippen LogP contribution in [0.1, 0.15) is 5.56 Å². The van der Waals surface area contributed by atoms with E-state index in [1.807, 2.05) is 11.4 Å². The van der Waals surface area contributed by atoms with Crippen molar-refractivity contribution in [1.29, 1.82) is 0 Å². The monoisotopic (exact) mass is 288 g/mol. The molecule has 0 amide bonds. The fourth-order valence-corrected chi connectivity index (χ4v) is 2.61. The molecule has 0 radical (unpaired) electrons. The van der Waals surface area contributed by atoms with Crippen LogP contribution >= 0.6 is 11.3 Å². The summed E-state index contributed by atoms with van der Waals surface area (Å²) in [5.41, 5.74) is 1.61. The van der Waals surface area contributed by atoms with E-state index in [2.05, 4.69) is 9.97 Å². The topological polar surface area (TPSA) is 64.5 Å². The molecular weight excluding hydrogens is 276 g/mol. The molecule has 6 heteroatoms. The van der Waals surface area contributed by atoms with E-state index in [4.69, 9.17) is 14.6 Å². The molecule has 0 saturated carbocycles. The summed E-state index contributed by atoms with van der Waals surface area (Å²) in [6.07, 6.45) is 1.47. The van der Waals surface area contributed by atoms with Crippen molar-refractivity contribution in [3.63, 3.8) is 0 Å². The number of benzene rings is 1. The molecule has 0 fully saturated rings. The highest BCUT2D eigenvalue weighted by molar-refractivity contribution is 7.17. The highest BCUT2D eigenvalue weighted by atomic mass is 32.1. The molecule has 1 N–H and O–H groups in total. The lowest BCUT2D eigenvalue weighted by Gasteiger charge is -2.10. The average molecular weight is 288 g/mol. The number of methoxy groups -OCH3 is 1. The van der Waals surface area contributed by atoms with Crippen LogP contribution in [0, 0.1) is 0 Å². The van der Waals surface area contributed by atoms with Crippen LogP contribution in [-0.4, -0.2) is 22.2 Å². The maximum atomic E-state index is 9.14. The highest BCUT2D eigenvalue weighted by Crippen LogP contribution is 2.35. The minimum atomic E-state index is -0.0423. The maximum absolute atomic E-state index is 9.14. The normalized spacial score (nSPS) is 10.7. The van der Waals surface area contributed by atoms with E-state index in [-0.39, 0.29) is 6.61 Å². The van der Waals surface area contributed by atoms with Gasteiger partial charge in [0.2, 0.25) is 5.88 Å². The number of nitrogens with zero attached hydrogens (tertiary/aromatic N) is 2. The fraction of sp³-hybridized carbons (Fsp3) is 0.143. The number of ether oxygens (including phenoxy) is 2. The maximum Gasteiger partial charge on any atom is 0.240 e. The zero-order valence-electron chi connectivity index (χ0n) is 10.7. The van der Waals surface area contributed by atoms with Gasteiger partial charge >= 0.3 is 0 Å². The molecule has 3 rings (SSSR count). The van der Waals surface area contributed by atoms with Crippen LogP contribution in [0.4, 0.5) is 0 Å². The average Bonchev–Trinajstić information content (AvgIpc) is 2.97. The number of aliphatic hydroxyl groups is 1. The molecule has 0 saturated heterocycles. The molecule has 102 valence electrons. The molecule has 0 aliphatic heterocycles. The lowest BCUT2D eigenvalue weighted by molar-refractivity contribution is 0.280. The predicted octanol–water partition coefficient (Wildman–Crippen LogP) is 2.98. The summed E-state index contributed by atoms with van der Waals surface area (Å²) < 4.78 is 12.0. The molecule has 0 aliphatic rings. The van der Waals surface area contributed by atoms with Crippen LogP contribution in [0.25, 0.3) is 10.2 Å². The molecule has 0 atom stereocenters. The van der Waals surface area contributed by atoms with Gasteiger partial charge in [-0.3, -0.25) is 0 Å². The summed E-state index contributed by atoms with van der Waals surface area (Å²) >= 11 is 1.52. The molecule has 1 aromatic carbocycles. The Morgan fingerprint density at radius 2 is 2.10 bits per heavy atom. The first-order valence-corrected chi connectivity index (χ1v) is 6.83. The molecule has 0 spiro atoms. The molecule has 3 aromatic rings. The summed E-state index contributed by atoms with van der Waals surface area (Å²) in [5, 5.41) is 11.1. The molecule has 0 unspecified atom stereocenters. The van der Waals surface area contributed by atoms with Crippen molar-refractivity contribution < 1.29 is 14.6 Å². The number of hydrogen-bond acceptors (Lipinski definition) is 6. The summed E-state index contributed by atoms with van der Waals surface area (Å²) in [6, 6.07) is 7.19. The van der Waals surface area contributed by atoms with Crippen LogP contribution in [-0.2, 0) is 6.61 Å². The van der Waals surface area contributed by atoms with Gasteiger partial charge in [-0.1, -0.05) is 6.07 Å². The van der Waals surface area contributed by atoms with Crippen molar-refractivity contribution in [2.45, 2.75) is 6.61 Å². The van der Waals surface area contributed by atoms with E-state index in [1.165, 1.54) is 17.7 Å². The molecular formula is C14H12N2O3S. The van der Waals surface area contributed by atoms with Crippen LogP contribution < -0.4 is 9.47 Å². The van der Waals surface area contributed by atoms with E-state index >= 15 is 0 Å². The first-order chi connectivity index (χ1) is 9.81. The van der Waals surface area contributed by atoms with Crippen LogP contribution in [0.3, 0.4) is 0 Å². The lowest BCUT2D eigenvalue weighted by atomic mass is 10.2. The third-order valence-electron chi connectivity index (χ3n) is 2.83. The molecule has 0 aliphatic carbocycles. The van der Waals surface area contributed by atoms with Gasteiger partial charge in [-0.25, -0.2) is 9.97 Å². The largest absolute Gasteiger partial charge is 0.493 e. The van der Waals surface area contributed by atoms with Crippen LogP contribution in [0.15, 0.2) is 36.0 Å². The van der Waals surface area contributed by atoms with Crippen molar-refractivity contribution in [2.24, 2.45) is 0 Å². The standard InChI is InChI=1S/C14H12N2O3S/c1-18-12-6-9(7-17)2-3-11(12)19-14-13-10(4-5-20-13)15-8-16-14/h2-6,8,17H,7H2,1H3. The zero-order chi connectivity index (χ0) is 13.9. The number of hydrogen-bond donors (Lipinski definition) is 1. The lowest BCUT2D eigenvalue weighted by Crippen LogP contribution is -1.94. The smallest absolute Gasteiger partial charge is 0.240 e. The van der Waals surface area contributed by atoms with Crippen LogP contribution in [0.2, 0.25) is 0 Å². The molecule has 0 bridgehead atoms. The predicted molar refractivity (Wildman–Crippen MR) is 76.4 cm³/mol. The Morgan fingerprint density at radius 3 is 2.90 bits per heavy atom. The van der Waals surface area contributed by atoms with Gasteiger partial charge < -0.3 is 14.6 Å². The molecule has 2 aromatic heterocycles. The van der Waals surface area contributed by atoms with Crippen molar-refractivity contribution in [3.8, 4) is 17.4 Å². The van der Waals surface area contributed by atoms with E-state index in [9.17, 15) is 0 Å². The van der Waals surface area contributed by atoms with Gasteiger partial charge in [0.05, 0.1) is 19.2 Å². The van der Waals surface area contributed by atoms with Gasteiger partial charge in [-0.05, 0) is 29.1 Å². The van der Waals surface area contributed by atoms with Crippen molar-refractivity contribution in [1.82, 2.24) is 9.97 Å². The Hall–Kier alpha value is -2.18. The quantitative estimate of drug-likeness (QED) is 0.799. The van der Waals surface area contributed by atoms with Gasteiger partial charge in [0.15, 0.2) is 11.5 Å².